The number of aromatic nitrogens is 2. The minimum absolute atomic E-state index is 0.214. The maximum absolute atomic E-state index is 14.1. The summed E-state index contributed by atoms with van der Waals surface area (Å²) in [6.45, 7) is 5.67. The minimum atomic E-state index is -4.36. The molecule has 0 bridgehead atoms. The first kappa shape index (κ1) is 31.2. The fourth-order valence-electron chi connectivity index (χ4n) is 4.28. The summed E-state index contributed by atoms with van der Waals surface area (Å²) in [4.78, 5) is 37.1. The van der Waals surface area contributed by atoms with Crippen molar-refractivity contribution >= 4 is 47.7 Å². The Kier molecular flexibility index (Phi) is 9.35. The average molecular weight is 630 g/mol. The zero-order valence-electron chi connectivity index (χ0n) is 22.6. The van der Waals surface area contributed by atoms with Gasteiger partial charge in [-0.1, -0.05) is 48.0 Å². The van der Waals surface area contributed by atoms with Crippen LogP contribution in [-0.4, -0.2) is 56.5 Å². The molecular formula is C26H30Cl2N3O9P. The van der Waals surface area contributed by atoms with Crippen molar-refractivity contribution in [2.75, 3.05) is 6.61 Å². The number of aliphatic hydroxyl groups excluding tert-OH is 1. The van der Waals surface area contributed by atoms with Crippen LogP contribution < -0.4 is 20.9 Å². The largest absolute Gasteiger partial charge is 0.462 e. The van der Waals surface area contributed by atoms with E-state index >= 15 is 0 Å². The molecule has 0 spiro atoms. The van der Waals surface area contributed by atoms with E-state index in [1.807, 2.05) is 23.2 Å². The number of aliphatic hydroxyl groups is 1. The van der Waals surface area contributed by atoms with Crippen LogP contribution in [0.1, 0.15) is 33.9 Å². The Labute approximate surface area is 245 Å². The Balaban J connectivity index is 1.61. The second kappa shape index (κ2) is 12.3. The summed E-state index contributed by atoms with van der Waals surface area (Å²) in [5.41, 5.74) is -1.67. The number of fused-ring (bicyclic) bond motifs is 1. The van der Waals surface area contributed by atoms with Gasteiger partial charge in [-0.15, -0.1) is 11.6 Å². The maximum atomic E-state index is 14.1. The molecule has 41 heavy (non-hydrogen) atoms. The topological polar surface area (TPSA) is 158 Å². The van der Waals surface area contributed by atoms with Gasteiger partial charge in [-0.2, -0.15) is 5.09 Å². The number of H-pyrrole nitrogens is 1. The van der Waals surface area contributed by atoms with Crippen LogP contribution in [0.5, 0.6) is 5.75 Å². The van der Waals surface area contributed by atoms with E-state index in [1.54, 1.807) is 38.1 Å². The third-order valence-corrected chi connectivity index (χ3v) is 8.64. The summed E-state index contributed by atoms with van der Waals surface area (Å²) >= 11 is 12.5. The van der Waals surface area contributed by atoms with Crippen LogP contribution in [0.2, 0.25) is 5.02 Å². The van der Waals surface area contributed by atoms with Gasteiger partial charge in [-0.3, -0.25) is 23.7 Å². The quantitative estimate of drug-likeness (QED) is 0.171. The van der Waals surface area contributed by atoms with Gasteiger partial charge in [0.2, 0.25) is 0 Å². The van der Waals surface area contributed by atoms with Gasteiger partial charge in [-0.25, -0.2) is 9.36 Å². The van der Waals surface area contributed by atoms with E-state index in [0.29, 0.717) is 5.39 Å². The fraction of sp³-hybridized carbons (Fsp3) is 0.423. The van der Waals surface area contributed by atoms with Gasteiger partial charge in [0.1, 0.15) is 33.9 Å². The fourth-order valence-corrected chi connectivity index (χ4v) is 6.25. The molecule has 15 heteroatoms. The van der Waals surface area contributed by atoms with Crippen LogP contribution in [0.15, 0.2) is 58.3 Å². The maximum Gasteiger partial charge on any atom is 0.459 e. The number of halogens is 2. The molecule has 1 unspecified atom stereocenters. The zero-order chi connectivity index (χ0) is 30.1. The van der Waals surface area contributed by atoms with E-state index < -0.39 is 67.0 Å². The van der Waals surface area contributed by atoms with Crippen molar-refractivity contribution in [2.24, 2.45) is 0 Å². The van der Waals surface area contributed by atoms with Gasteiger partial charge < -0.3 is 19.1 Å². The summed E-state index contributed by atoms with van der Waals surface area (Å²) in [7, 11) is -4.36. The Bertz CT molecular complexity index is 1590. The van der Waals surface area contributed by atoms with Crippen LogP contribution in [0.3, 0.4) is 0 Å². The molecule has 1 aliphatic rings. The number of ether oxygens (including phenoxy) is 2. The summed E-state index contributed by atoms with van der Waals surface area (Å²) in [6.07, 6.45) is -3.33. The van der Waals surface area contributed by atoms with E-state index in [0.717, 1.165) is 16.2 Å². The van der Waals surface area contributed by atoms with Gasteiger partial charge in [0.15, 0.2) is 6.23 Å². The molecule has 0 saturated carbocycles. The molecule has 2 heterocycles. The SMILES string of the molecule is CC(C)OC(=O)[C@@H](C)NP(=O)(OC[C@H]1O[C@@H](n2cc(Cl)c(=O)[nH]c2=O)[C@](C)(Cl)[C@@H]1O)Oc1cccc2ccccc12. The molecule has 1 aromatic heterocycles. The molecule has 2 aromatic carbocycles. The van der Waals surface area contributed by atoms with Crippen molar-refractivity contribution in [3.63, 3.8) is 0 Å². The minimum Gasteiger partial charge on any atom is -0.462 e. The van der Waals surface area contributed by atoms with Crippen molar-refractivity contribution < 1.29 is 33.0 Å². The lowest BCUT2D eigenvalue weighted by atomic mass is 10.0. The summed E-state index contributed by atoms with van der Waals surface area (Å²) in [5.74, 6) is -0.476. The predicted molar refractivity (Wildman–Crippen MR) is 152 cm³/mol. The lowest BCUT2D eigenvalue weighted by Crippen LogP contribution is -2.43. The number of hydrogen-bond donors (Lipinski definition) is 3. The van der Waals surface area contributed by atoms with Gasteiger partial charge in [0.25, 0.3) is 5.56 Å². The highest BCUT2D eigenvalue weighted by Crippen LogP contribution is 2.49. The van der Waals surface area contributed by atoms with Gasteiger partial charge >= 0.3 is 19.4 Å². The number of carbonyl (C=O) groups is 1. The summed E-state index contributed by atoms with van der Waals surface area (Å²) in [5, 5.41) is 14.7. The molecular weight excluding hydrogens is 600 g/mol. The van der Waals surface area contributed by atoms with Gasteiger partial charge in [0, 0.05) is 11.6 Å². The molecule has 0 radical (unpaired) electrons. The van der Waals surface area contributed by atoms with E-state index in [9.17, 15) is 24.1 Å². The van der Waals surface area contributed by atoms with E-state index in [-0.39, 0.29) is 10.8 Å². The van der Waals surface area contributed by atoms with Crippen molar-refractivity contribution in [1.82, 2.24) is 14.6 Å². The first-order chi connectivity index (χ1) is 19.2. The zero-order valence-corrected chi connectivity index (χ0v) is 25.0. The number of esters is 1. The molecule has 222 valence electrons. The molecule has 1 aliphatic heterocycles. The Morgan fingerprint density at radius 1 is 1.22 bits per heavy atom. The van der Waals surface area contributed by atoms with Crippen molar-refractivity contribution in [1.29, 1.82) is 0 Å². The van der Waals surface area contributed by atoms with Gasteiger partial charge in [0.05, 0.1) is 12.7 Å². The Morgan fingerprint density at radius 3 is 2.61 bits per heavy atom. The predicted octanol–water partition coefficient (Wildman–Crippen LogP) is 3.73. The second-order valence-electron chi connectivity index (χ2n) is 9.96. The van der Waals surface area contributed by atoms with Crippen LogP contribution in [-0.2, 0) is 23.4 Å². The molecule has 3 aromatic rings. The number of aromatic amines is 1. The van der Waals surface area contributed by atoms with E-state index in [1.165, 1.54) is 13.8 Å². The van der Waals surface area contributed by atoms with Crippen LogP contribution in [0.4, 0.5) is 0 Å². The first-order valence-electron chi connectivity index (χ1n) is 12.7. The van der Waals surface area contributed by atoms with E-state index in [4.69, 9.17) is 41.7 Å². The van der Waals surface area contributed by atoms with Crippen molar-refractivity contribution in [3.8, 4) is 5.75 Å². The third kappa shape index (κ3) is 6.86. The number of nitrogens with one attached hydrogen (secondary N) is 2. The molecule has 1 saturated heterocycles. The number of nitrogens with zero attached hydrogens (tertiary/aromatic N) is 1. The second-order valence-corrected chi connectivity index (χ2v) is 12.9. The van der Waals surface area contributed by atoms with Crippen molar-refractivity contribution in [3.05, 3.63) is 74.5 Å². The molecule has 4 rings (SSSR count). The van der Waals surface area contributed by atoms with Crippen LogP contribution >= 0.6 is 30.9 Å². The number of hydrogen-bond acceptors (Lipinski definition) is 9. The molecule has 1 fully saturated rings. The monoisotopic (exact) mass is 629 g/mol. The van der Waals surface area contributed by atoms with E-state index in [2.05, 4.69) is 5.09 Å². The van der Waals surface area contributed by atoms with Crippen LogP contribution in [0, 0.1) is 0 Å². The lowest BCUT2D eigenvalue weighted by Gasteiger charge is -2.26. The Hall–Kier alpha value is -2.70. The molecule has 0 amide bonds. The normalized spacial score (nSPS) is 24.7. The molecule has 12 nitrogen and oxygen atoms in total. The van der Waals surface area contributed by atoms with Crippen molar-refractivity contribution in [2.45, 2.75) is 63.2 Å². The Morgan fingerprint density at radius 2 is 1.90 bits per heavy atom. The molecule has 3 N–H and O–H groups in total. The molecule has 0 aliphatic carbocycles. The number of alkyl halides is 1. The smallest absolute Gasteiger partial charge is 0.459 e. The van der Waals surface area contributed by atoms with Crippen LogP contribution in [0.25, 0.3) is 10.8 Å². The van der Waals surface area contributed by atoms with Gasteiger partial charge in [-0.05, 0) is 39.1 Å². The number of carbonyl (C=O) groups excluding carboxylic acids is 1. The standard InChI is InChI=1S/C26H30Cl2N3O9P/c1-14(2)38-23(34)15(3)30-41(36,40-19-11-7-9-16-8-5-6-10-17(16)19)37-13-20-21(32)26(4,28)24(39-20)31-12-18(27)22(33)29-25(31)35/h5-12,14-15,20-21,24,32H,13H2,1-4H3,(H,30,36)(H,29,33,35)/t15-,20-,21-,24-,26-,41?/m1/s1. The lowest BCUT2D eigenvalue weighted by molar-refractivity contribution is -0.149. The number of benzene rings is 2. The summed E-state index contributed by atoms with van der Waals surface area (Å²) < 4.78 is 37.7. The summed E-state index contributed by atoms with van der Waals surface area (Å²) in [6, 6.07) is 11.3. The molecule has 6 atom stereocenters. The number of rotatable bonds is 10. The third-order valence-electron chi connectivity index (χ3n) is 6.33. The highest BCUT2D eigenvalue weighted by molar-refractivity contribution is 7.52. The highest BCUT2D eigenvalue weighted by Gasteiger charge is 2.54. The average Bonchev–Trinajstić information content (AvgIpc) is 3.13. The first-order valence-corrected chi connectivity index (χ1v) is 15.0. The highest BCUT2D eigenvalue weighted by atomic mass is 35.5.